The third kappa shape index (κ3) is 7.56. The van der Waals surface area contributed by atoms with Crippen molar-refractivity contribution in [3.8, 4) is 12.3 Å². The van der Waals surface area contributed by atoms with Crippen LogP contribution in [0, 0.1) is 22.5 Å². The molecule has 0 aliphatic heterocycles. The SMILES string of the molecule is C#Cc1cc([N+](=O)[O-])cc(S(=O)(=O)CCN(C)C)c1N(CCC)CCOS(C)(=O)=O. The summed E-state index contributed by atoms with van der Waals surface area (Å²) in [7, 11) is -4.20. The van der Waals surface area contributed by atoms with Gasteiger partial charge in [0.1, 0.15) is 0 Å². The minimum absolute atomic E-state index is 0.0314. The Labute approximate surface area is 178 Å². The molecule has 0 aliphatic carbocycles. The standard InChI is InChI=1S/C18H27N3O7S2/c1-6-8-20(9-11-28-29(5,24)25)18-15(7-2)13-16(21(22)23)14-17(18)30(26,27)12-10-19(3)4/h2,13-14H,6,8-12H2,1,3-5H3. The summed E-state index contributed by atoms with van der Waals surface area (Å²) in [5.74, 6) is 2.07. The number of hydrogen-bond acceptors (Lipinski definition) is 9. The highest BCUT2D eigenvalue weighted by molar-refractivity contribution is 7.91. The summed E-state index contributed by atoms with van der Waals surface area (Å²) in [5, 5.41) is 11.3. The van der Waals surface area contributed by atoms with Crippen molar-refractivity contribution in [3.63, 3.8) is 0 Å². The van der Waals surface area contributed by atoms with Crippen LogP contribution in [0.4, 0.5) is 11.4 Å². The van der Waals surface area contributed by atoms with Gasteiger partial charge in [-0.2, -0.15) is 8.42 Å². The van der Waals surface area contributed by atoms with Crippen molar-refractivity contribution >= 4 is 31.3 Å². The molecule has 1 aromatic rings. The summed E-state index contributed by atoms with van der Waals surface area (Å²) in [5.41, 5.74) is -0.250. The predicted molar refractivity (Wildman–Crippen MR) is 115 cm³/mol. The van der Waals surface area contributed by atoms with Crippen LogP contribution in [0.5, 0.6) is 0 Å². The van der Waals surface area contributed by atoms with Crippen molar-refractivity contribution in [1.29, 1.82) is 0 Å². The van der Waals surface area contributed by atoms with Gasteiger partial charge in [-0.15, -0.1) is 6.42 Å². The maximum atomic E-state index is 13.1. The zero-order valence-electron chi connectivity index (χ0n) is 17.5. The maximum Gasteiger partial charge on any atom is 0.272 e. The van der Waals surface area contributed by atoms with E-state index in [2.05, 4.69) is 5.92 Å². The van der Waals surface area contributed by atoms with E-state index < -0.39 is 30.6 Å². The Morgan fingerprint density at radius 3 is 2.27 bits per heavy atom. The molecule has 1 rings (SSSR count). The third-order valence-electron chi connectivity index (χ3n) is 4.04. The zero-order valence-corrected chi connectivity index (χ0v) is 19.1. The Balaban J connectivity index is 3.61. The van der Waals surface area contributed by atoms with E-state index in [4.69, 9.17) is 10.6 Å². The Morgan fingerprint density at radius 2 is 1.80 bits per heavy atom. The minimum Gasteiger partial charge on any atom is -0.367 e. The lowest BCUT2D eigenvalue weighted by molar-refractivity contribution is -0.385. The number of nitro groups is 1. The molecule has 0 aliphatic rings. The summed E-state index contributed by atoms with van der Waals surface area (Å²) in [6.07, 6.45) is 7.06. The maximum absolute atomic E-state index is 13.1. The van der Waals surface area contributed by atoms with Crippen LogP contribution in [0.2, 0.25) is 0 Å². The summed E-state index contributed by atoms with van der Waals surface area (Å²) in [6.45, 7) is 2.21. The Morgan fingerprint density at radius 1 is 1.17 bits per heavy atom. The van der Waals surface area contributed by atoms with Gasteiger partial charge in [-0.1, -0.05) is 12.8 Å². The van der Waals surface area contributed by atoms with Crippen LogP contribution in [-0.2, 0) is 24.1 Å². The molecule has 0 N–H and O–H groups in total. The van der Waals surface area contributed by atoms with Gasteiger partial charge < -0.3 is 9.80 Å². The van der Waals surface area contributed by atoms with Gasteiger partial charge in [-0.05, 0) is 20.5 Å². The fourth-order valence-corrected chi connectivity index (χ4v) is 4.73. The quantitative estimate of drug-likeness (QED) is 0.195. The second kappa shape index (κ2) is 10.7. The number of benzene rings is 1. The molecule has 0 unspecified atom stereocenters. The molecule has 0 radical (unpaired) electrons. The van der Waals surface area contributed by atoms with Crippen molar-refractivity contribution in [2.24, 2.45) is 0 Å². The summed E-state index contributed by atoms with van der Waals surface area (Å²) >= 11 is 0. The van der Waals surface area contributed by atoms with E-state index in [1.54, 1.807) is 23.9 Å². The minimum atomic E-state index is -3.93. The van der Waals surface area contributed by atoms with Crippen LogP contribution in [-0.4, -0.2) is 79.0 Å². The van der Waals surface area contributed by atoms with Gasteiger partial charge in [-0.3, -0.25) is 14.3 Å². The van der Waals surface area contributed by atoms with Crippen molar-refractivity contribution in [3.05, 3.63) is 27.8 Å². The van der Waals surface area contributed by atoms with Gasteiger partial charge in [0.15, 0.2) is 9.84 Å². The van der Waals surface area contributed by atoms with Crippen LogP contribution in [0.15, 0.2) is 17.0 Å². The molecule has 30 heavy (non-hydrogen) atoms. The second-order valence-electron chi connectivity index (χ2n) is 6.88. The molecule has 168 valence electrons. The van der Waals surface area contributed by atoms with Crippen LogP contribution in [0.3, 0.4) is 0 Å². The van der Waals surface area contributed by atoms with Gasteiger partial charge in [-0.25, -0.2) is 8.42 Å². The van der Waals surface area contributed by atoms with Gasteiger partial charge in [0.2, 0.25) is 0 Å². The first-order chi connectivity index (χ1) is 13.8. The molecule has 0 atom stereocenters. The van der Waals surface area contributed by atoms with E-state index in [-0.39, 0.29) is 41.6 Å². The fourth-order valence-electron chi connectivity index (χ4n) is 2.69. The van der Waals surface area contributed by atoms with Gasteiger partial charge in [0.25, 0.3) is 15.8 Å². The van der Waals surface area contributed by atoms with Crippen molar-refractivity contribution < 1.29 is 25.9 Å². The van der Waals surface area contributed by atoms with Gasteiger partial charge >= 0.3 is 0 Å². The molecule has 12 heteroatoms. The van der Waals surface area contributed by atoms with Crippen molar-refractivity contribution in [2.75, 3.05) is 57.2 Å². The summed E-state index contributed by atoms with van der Waals surface area (Å²) < 4.78 is 53.5. The smallest absolute Gasteiger partial charge is 0.272 e. The highest BCUT2D eigenvalue weighted by atomic mass is 32.2. The third-order valence-corrected chi connectivity index (χ3v) is 6.33. The molecule has 10 nitrogen and oxygen atoms in total. The topological polar surface area (TPSA) is 127 Å². The van der Waals surface area contributed by atoms with Crippen LogP contribution < -0.4 is 4.90 Å². The van der Waals surface area contributed by atoms with Gasteiger partial charge in [0.05, 0.1) is 39.7 Å². The number of sulfone groups is 1. The van der Waals surface area contributed by atoms with Crippen molar-refractivity contribution in [2.45, 2.75) is 18.2 Å². The van der Waals surface area contributed by atoms with E-state index in [0.29, 0.717) is 13.0 Å². The van der Waals surface area contributed by atoms with E-state index in [1.165, 1.54) is 0 Å². The molecule has 0 amide bonds. The Bertz CT molecular complexity index is 1010. The zero-order chi connectivity index (χ0) is 23.1. The lowest BCUT2D eigenvalue weighted by Crippen LogP contribution is -2.32. The largest absolute Gasteiger partial charge is 0.367 e. The number of terminal acetylenes is 1. The predicted octanol–water partition coefficient (Wildman–Crippen LogP) is 1.10. The lowest BCUT2D eigenvalue weighted by atomic mass is 10.1. The number of hydrogen-bond donors (Lipinski definition) is 0. The monoisotopic (exact) mass is 461 g/mol. The highest BCUT2D eigenvalue weighted by Crippen LogP contribution is 2.34. The van der Waals surface area contributed by atoms with E-state index in [1.807, 2.05) is 6.92 Å². The molecular formula is C18H27N3O7S2. The first-order valence-corrected chi connectivity index (χ1v) is 12.5. The van der Waals surface area contributed by atoms with Crippen molar-refractivity contribution in [1.82, 2.24) is 4.90 Å². The Hall–Kier alpha value is -2.20. The molecule has 0 saturated heterocycles. The second-order valence-corrected chi connectivity index (χ2v) is 10.6. The number of nitrogens with zero attached hydrogens (tertiary/aromatic N) is 3. The molecular weight excluding hydrogens is 434 g/mol. The van der Waals surface area contributed by atoms with E-state index >= 15 is 0 Å². The number of anilines is 1. The molecule has 0 heterocycles. The molecule has 0 fully saturated rings. The molecule has 0 saturated carbocycles. The number of nitro benzene ring substituents is 1. The fraction of sp³-hybridized carbons (Fsp3) is 0.556. The Kier molecular flexibility index (Phi) is 9.23. The summed E-state index contributed by atoms with van der Waals surface area (Å²) in [6, 6.07) is 2.14. The van der Waals surface area contributed by atoms with Crippen LogP contribution in [0.25, 0.3) is 0 Å². The lowest BCUT2D eigenvalue weighted by Gasteiger charge is -2.27. The summed E-state index contributed by atoms with van der Waals surface area (Å²) in [4.78, 5) is 13.7. The van der Waals surface area contributed by atoms with E-state index in [0.717, 1.165) is 18.4 Å². The molecule has 1 aromatic carbocycles. The van der Waals surface area contributed by atoms with Crippen LogP contribution >= 0.6 is 0 Å². The molecule has 0 spiro atoms. The number of non-ortho nitro benzene ring substituents is 1. The normalized spacial score (nSPS) is 12.0. The molecule has 0 bridgehead atoms. The van der Waals surface area contributed by atoms with E-state index in [9.17, 15) is 26.9 Å². The van der Waals surface area contributed by atoms with Crippen LogP contribution in [0.1, 0.15) is 18.9 Å². The first kappa shape index (κ1) is 25.8. The average molecular weight is 462 g/mol. The number of rotatable bonds is 12. The highest BCUT2D eigenvalue weighted by Gasteiger charge is 2.28. The molecule has 0 aromatic heterocycles. The van der Waals surface area contributed by atoms with Gasteiger partial charge in [0, 0.05) is 31.8 Å². The first-order valence-electron chi connectivity index (χ1n) is 9.08. The average Bonchev–Trinajstić information content (AvgIpc) is 2.63.